The van der Waals surface area contributed by atoms with E-state index in [2.05, 4.69) is 4.99 Å². The highest BCUT2D eigenvalue weighted by Crippen LogP contribution is 2.28. The average molecular weight is 383 g/mol. The van der Waals surface area contributed by atoms with Gasteiger partial charge >= 0.3 is 5.97 Å². The molecule has 0 spiro atoms. The van der Waals surface area contributed by atoms with Crippen LogP contribution in [0.15, 0.2) is 53.5 Å². The van der Waals surface area contributed by atoms with E-state index in [1.54, 1.807) is 31.5 Å². The number of carboxylic acid groups (broad SMARTS) is 1. The smallest absolute Gasteiger partial charge is 0.337 e. The maximum atomic E-state index is 11.4. The lowest BCUT2D eigenvalue weighted by atomic mass is 10.2. The summed E-state index contributed by atoms with van der Waals surface area (Å²) in [6, 6.07) is 14.5. The SMILES string of the molecule is COc1ccccc1N=Cc1cc(C)n(-c2ccc(Cl)c(C(=O)O)c2)c1C. The van der Waals surface area contributed by atoms with E-state index >= 15 is 0 Å². The van der Waals surface area contributed by atoms with Crippen LogP contribution in [-0.2, 0) is 0 Å². The van der Waals surface area contributed by atoms with Gasteiger partial charge in [0.2, 0.25) is 0 Å². The van der Waals surface area contributed by atoms with Crippen LogP contribution in [0.2, 0.25) is 5.02 Å². The van der Waals surface area contributed by atoms with E-state index in [9.17, 15) is 9.90 Å². The molecule has 2 aromatic carbocycles. The summed E-state index contributed by atoms with van der Waals surface area (Å²) in [7, 11) is 1.61. The van der Waals surface area contributed by atoms with Crippen LogP contribution in [0.3, 0.4) is 0 Å². The van der Waals surface area contributed by atoms with Gasteiger partial charge in [-0.1, -0.05) is 23.7 Å². The molecule has 5 nitrogen and oxygen atoms in total. The van der Waals surface area contributed by atoms with Gasteiger partial charge < -0.3 is 14.4 Å². The van der Waals surface area contributed by atoms with Gasteiger partial charge in [-0.05, 0) is 50.2 Å². The molecule has 0 saturated heterocycles. The summed E-state index contributed by atoms with van der Waals surface area (Å²) in [5.74, 6) is -0.353. The highest BCUT2D eigenvalue weighted by molar-refractivity contribution is 6.33. The fourth-order valence-electron chi connectivity index (χ4n) is 3.01. The number of carboxylic acids is 1. The summed E-state index contributed by atoms with van der Waals surface area (Å²) in [6.07, 6.45) is 1.78. The standard InChI is InChI=1S/C21H19ClN2O3/c1-13-10-15(12-23-19-6-4-5-7-20(19)27-3)14(2)24(13)16-8-9-18(22)17(11-16)21(25)26/h4-12H,1-3H3,(H,25,26). The Bertz CT molecular complexity index is 1040. The van der Waals surface area contributed by atoms with Crippen molar-refractivity contribution < 1.29 is 14.6 Å². The van der Waals surface area contributed by atoms with Crippen molar-refractivity contribution in [1.29, 1.82) is 0 Å². The molecule has 0 amide bonds. The van der Waals surface area contributed by atoms with Gasteiger partial charge in [0.15, 0.2) is 0 Å². The number of aromatic carboxylic acids is 1. The number of aromatic nitrogens is 1. The monoisotopic (exact) mass is 382 g/mol. The van der Waals surface area contributed by atoms with Gasteiger partial charge in [0, 0.05) is 28.9 Å². The molecular weight excluding hydrogens is 364 g/mol. The van der Waals surface area contributed by atoms with E-state index in [1.807, 2.05) is 48.7 Å². The van der Waals surface area contributed by atoms with Crippen molar-refractivity contribution in [2.75, 3.05) is 7.11 Å². The zero-order chi connectivity index (χ0) is 19.6. The number of methoxy groups -OCH3 is 1. The van der Waals surface area contributed by atoms with Crippen molar-refractivity contribution in [2.24, 2.45) is 4.99 Å². The van der Waals surface area contributed by atoms with E-state index in [4.69, 9.17) is 16.3 Å². The fourth-order valence-corrected chi connectivity index (χ4v) is 3.21. The van der Waals surface area contributed by atoms with Gasteiger partial charge in [0.1, 0.15) is 11.4 Å². The summed E-state index contributed by atoms with van der Waals surface area (Å²) in [6.45, 7) is 3.92. The number of hydrogen-bond donors (Lipinski definition) is 1. The molecule has 0 bridgehead atoms. The van der Waals surface area contributed by atoms with Crippen molar-refractivity contribution in [2.45, 2.75) is 13.8 Å². The van der Waals surface area contributed by atoms with Crippen molar-refractivity contribution in [1.82, 2.24) is 4.57 Å². The first-order chi connectivity index (χ1) is 12.9. The minimum absolute atomic E-state index is 0.0749. The largest absolute Gasteiger partial charge is 0.494 e. The molecule has 1 N–H and O–H groups in total. The number of aryl methyl sites for hydroxylation is 1. The predicted octanol–water partition coefficient (Wildman–Crippen LogP) is 5.20. The van der Waals surface area contributed by atoms with Crippen molar-refractivity contribution in [3.8, 4) is 11.4 Å². The van der Waals surface area contributed by atoms with Crippen LogP contribution < -0.4 is 4.74 Å². The molecule has 1 heterocycles. The van der Waals surface area contributed by atoms with Crippen LogP contribution in [0.5, 0.6) is 5.75 Å². The molecule has 0 fully saturated rings. The zero-order valence-corrected chi connectivity index (χ0v) is 16.0. The fraction of sp³-hybridized carbons (Fsp3) is 0.143. The second kappa shape index (κ2) is 7.68. The molecule has 0 aliphatic heterocycles. The lowest BCUT2D eigenvalue weighted by Crippen LogP contribution is -2.03. The van der Waals surface area contributed by atoms with Crippen LogP contribution in [0.1, 0.15) is 27.3 Å². The molecule has 138 valence electrons. The average Bonchev–Trinajstić information content (AvgIpc) is 2.94. The van der Waals surface area contributed by atoms with E-state index in [1.165, 1.54) is 0 Å². The van der Waals surface area contributed by atoms with Gasteiger partial charge in [-0.25, -0.2) is 4.79 Å². The third-order valence-corrected chi connectivity index (χ3v) is 4.67. The van der Waals surface area contributed by atoms with Crippen LogP contribution in [-0.4, -0.2) is 29.0 Å². The molecule has 3 aromatic rings. The summed E-state index contributed by atoms with van der Waals surface area (Å²) in [4.78, 5) is 15.9. The lowest BCUT2D eigenvalue weighted by molar-refractivity contribution is 0.0697. The molecule has 3 rings (SSSR count). The number of para-hydroxylation sites is 2. The molecule has 0 atom stereocenters. The number of ether oxygens (including phenoxy) is 1. The van der Waals surface area contributed by atoms with Gasteiger partial charge in [-0.2, -0.15) is 0 Å². The van der Waals surface area contributed by atoms with E-state index in [0.29, 0.717) is 5.75 Å². The number of rotatable bonds is 5. The number of halogens is 1. The number of nitrogens with zero attached hydrogens (tertiary/aromatic N) is 2. The Morgan fingerprint density at radius 1 is 1.19 bits per heavy atom. The number of benzene rings is 2. The Morgan fingerprint density at radius 3 is 2.63 bits per heavy atom. The maximum Gasteiger partial charge on any atom is 0.337 e. The molecule has 0 radical (unpaired) electrons. The lowest BCUT2D eigenvalue weighted by Gasteiger charge is -2.11. The summed E-state index contributed by atoms with van der Waals surface area (Å²) < 4.78 is 7.30. The topological polar surface area (TPSA) is 63.8 Å². The molecular formula is C21H19ClN2O3. The first kappa shape index (κ1) is 18.7. The van der Waals surface area contributed by atoms with Gasteiger partial charge in [-0.3, -0.25) is 4.99 Å². The Balaban J connectivity index is 2.02. The first-order valence-corrected chi connectivity index (χ1v) is 8.69. The molecule has 0 aliphatic rings. The van der Waals surface area contributed by atoms with Crippen LogP contribution in [0.25, 0.3) is 5.69 Å². The van der Waals surface area contributed by atoms with Crippen LogP contribution >= 0.6 is 11.6 Å². The normalized spacial score (nSPS) is 11.1. The van der Waals surface area contributed by atoms with Crippen LogP contribution in [0.4, 0.5) is 5.69 Å². The molecule has 6 heteroatoms. The van der Waals surface area contributed by atoms with Crippen molar-refractivity contribution >= 4 is 29.5 Å². The molecule has 1 aromatic heterocycles. The minimum Gasteiger partial charge on any atom is -0.494 e. The summed E-state index contributed by atoms with van der Waals surface area (Å²) in [5.41, 5.74) is 4.40. The quantitative estimate of drug-likeness (QED) is 0.616. The van der Waals surface area contributed by atoms with Crippen molar-refractivity contribution in [3.63, 3.8) is 0 Å². The second-order valence-electron chi connectivity index (χ2n) is 6.06. The van der Waals surface area contributed by atoms with Gasteiger partial charge in [0.05, 0.1) is 17.7 Å². The molecule has 0 aliphatic carbocycles. The highest BCUT2D eigenvalue weighted by atomic mass is 35.5. The predicted molar refractivity (Wildman–Crippen MR) is 107 cm³/mol. The van der Waals surface area contributed by atoms with Gasteiger partial charge in [-0.15, -0.1) is 0 Å². The van der Waals surface area contributed by atoms with E-state index in [0.717, 1.165) is 28.3 Å². The van der Waals surface area contributed by atoms with Crippen LogP contribution in [0, 0.1) is 13.8 Å². The third-order valence-electron chi connectivity index (χ3n) is 4.34. The Kier molecular flexibility index (Phi) is 5.33. The molecule has 0 saturated carbocycles. The number of aliphatic imine (C=N–C) groups is 1. The molecule has 27 heavy (non-hydrogen) atoms. The third kappa shape index (κ3) is 3.73. The second-order valence-corrected chi connectivity index (χ2v) is 6.47. The first-order valence-electron chi connectivity index (χ1n) is 8.31. The minimum atomic E-state index is -1.05. The number of carbonyl (C=O) groups is 1. The molecule has 0 unspecified atom stereocenters. The van der Waals surface area contributed by atoms with E-state index < -0.39 is 5.97 Å². The Hall–Kier alpha value is -3.05. The summed E-state index contributed by atoms with van der Waals surface area (Å²) >= 11 is 5.99. The van der Waals surface area contributed by atoms with Crippen molar-refractivity contribution in [3.05, 3.63) is 76.1 Å². The van der Waals surface area contributed by atoms with Gasteiger partial charge in [0.25, 0.3) is 0 Å². The Labute approximate surface area is 162 Å². The highest BCUT2D eigenvalue weighted by Gasteiger charge is 2.14. The maximum absolute atomic E-state index is 11.4. The zero-order valence-electron chi connectivity index (χ0n) is 15.2. The Morgan fingerprint density at radius 2 is 1.93 bits per heavy atom. The summed E-state index contributed by atoms with van der Waals surface area (Å²) in [5, 5.41) is 9.53. The number of hydrogen-bond acceptors (Lipinski definition) is 3. The van der Waals surface area contributed by atoms with E-state index in [-0.39, 0.29) is 10.6 Å².